The summed E-state index contributed by atoms with van der Waals surface area (Å²) in [4.78, 5) is 19.3. The van der Waals surface area contributed by atoms with E-state index in [0.717, 1.165) is 11.1 Å². The fourth-order valence-corrected chi connectivity index (χ4v) is 2.48. The van der Waals surface area contributed by atoms with Crippen molar-refractivity contribution in [1.82, 2.24) is 9.97 Å². The highest BCUT2D eigenvalue weighted by Gasteiger charge is 2.08. The van der Waals surface area contributed by atoms with E-state index in [4.69, 9.17) is 14.2 Å². The van der Waals surface area contributed by atoms with Crippen molar-refractivity contribution >= 4 is 29.2 Å². The van der Waals surface area contributed by atoms with Crippen LogP contribution in [0.5, 0.6) is 11.5 Å². The molecule has 6 heteroatoms. The van der Waals surface area contributed by atoms with Gasteiger partial charge in [-0.15, -0.1) is 0 Å². The number of fused-ring (bicyclic) bond motifs is 1. The fourth-order valence-electron chi connectivity index (χ4n) is 2.48. The number of methoxy groups -OCH3 is 3. The van der Waals surface area contributed by atoms with Crippen LogP contribution in [0.2, 0.25) is 0 Å². The van der Waals surface area contributed by atoms with Gasteiger partial charge in [0, 0.05) is 0 Å². The van der Waals surface area contributed by atoms with E-state index in [-0.39, 0.29) is 5.97 Å². The van der Waals surface area contributed by atoms with E-state index in [9.17, 15) is 4.79 Å². The van der Waals surface area contributed by atoms with Crippen molar-refractivity contribution in [1.29, 1.82) is 0 Å². The van der Waals surface area contributed by atoms with Gasteiger partial charge in [-0.1, -0.05) is 12.1 Å². The number of imidazole rings is 1. The Morgan fingerprint density at radius 2 is 1.80 bits per heavy atom. The lowest BCUT2D eigenvalue weighted by Gasteiger charge is -2.07. The summed E-state index contributed by atoms with van der Waals surface area (Å²) in [5.74, 6) is 1.65. The Hall–Kier alpha value is -3.28. The summed E-state index contributed by atoms with van der Waals surface area (Å²) in [6.07, 6.45) is 3.78. The largest absolute Gasteiger partial charge is 0.493 e. The van der Waals surface area contributed by atoms with Crippen molar-refractivity contribution < 1.29 is 19.0 Å². The van der Waals surface area contributed by atoms with Crippen LogP contribution in [0.1, 0.15) is 21.7 Å². The fraction of sp³-hybridized carbons (Fsp3) is 0.158. The van der Waals surface area contributed by atoms with Gasteiger partial charge in [0.05, 0.1) is 37.9 Å². The topological polar surface area (TPSA) is 73.4 Å². The van der Waals surface area contributed by atoms with Crippen LogP contribution in [0.4, 0.5) is 0 Å². The molecule has 25 heavy (non-hydrogen) atoms. The molecule has 3 aromatic rings. The SMILES string of the molecule is COC(=O)c1ccc2[nH]c(C=Cc3ccc(OC)c(OC)c3)nc2c1. The highest BCUT2D eigenvalue weighted by molar-refractivity contribution is 5.93. The van der Waals surface area contributed by atoms with Crippen LogP contribution < -0.4 is 9.47 Å². The maximum Gasteiger partial charge on any atom is 0.337 e. The number of hydrogen-bond acceptors (Lipinski definition) is 5. The molecule has 0 saturated carbocycles. The molecule has 0 unspecified atom stereocenters. The van der Waals surface area contributed by atoms with Crippen molar-refractivity contribution in [2.45, 2.75) is 0 Å². The van der Waals surface area contributed by atoms with Crippen molar-refractivity contribution in [3.63, 3.8) is 0 Å². The van der Waals surface area contributed by atoms with Gasteiger partial charge < -0.3 is 19.2 Å². The Labute approximate surface area is 145 Å². The molecule has 2 aromatic carbocycles. The molecule has 0 amide bonds. The Morgan fingerprint density at radius 3 is 2.52 bits per heavy atom. The van der Waals surface area contributed by atoms with Crippen LogP contribution in [0.25, 0.3) is 23.2 Å². The summed E-state index contributed by atoms with van der Waals surface area (Å²) in [7, 11) is 4.56. The molecule has 0 fully saturated rings. The monoisotopic (exact) mass is 338 g/mol. The van der Waals surface area contributed by atoms with Crippen molar-refractivity contribution in [2.24, 2.45) is 0 Å². The minimum absolute atomic E-state index is 0.382. The van der Waals surface area contributed by atoms with Crippen LogP contribution >= 0.6 is 0 Å². The first-order valence-electron chi connectivity index (χ1n) is 7.63. The molecule has 0 aliphatic heterocycles. The average Bonchev–Trinajstić information content (AvgIpc) is 3.07. The number of aromatic nitrogens is 2. The lowest BCUT2D eigenvalue weighted by Crippen LogP contribution is -2.00. The molecular weight excluding hydrogens is 320 g/mol. The van der Waals surface area contributed by atoms with Gasteiger partial charge in [0.1, 0.15) is 5.82 Å². The summed E-state index contributed by atoms with van der Waals surface area (Å²) in [6.45, 7) is 0. The first-order valence-corrected chi connectivity index (χ1v) is 7.63. The molecule has 0 bridgehead atoms. The Balaban J connectivity index is 1.87. The van der Waals surface area contributed by atoms with Gasteiger partial charge in [-0.2, -0.15) is 0 Å². The van der Waals surface area contributed by atoms with Gasteiger partial charge in [0.15, 0.2) is 11.5 Å². The summed E-state index contributed by atoms with van der Waals surface area (Å²) >= 11 is 0. The molecule has 0 aliphatic carbocycles. The first kappa shape index (κ1) is 16.6. The van der Waals surface area contributed by atoms with Gasteiger partial charge in [0.25, 0.3) is 0 Å². The van der Waals surface area contributed by atoms with Gasteiger partial charge in [0.2, 0.25) is 0 Å². The van der Waals surface area contributed by atoms with Crippen LogP contribution in [0.3, 0.4) is 0 Å². The third-order valence-electron chi connectivity index (χ3n) is 3.76. The Bertz CT molecular complexity index is 944. The number of aromatic amines is 1. The number of ether oxygens (including phenoxy) is 3. The van der Waals surface area contributed by atoms with E-state index >= 15 is 0 Å². The molecule has 6 nitrogen and oxygen atoms in total. The normalized spacial score (nSPS) is 11.0. The molecule has 3 rings (SSSR count). The van der Waals surface area contributed by atoms with Crippen molar-refractivity contribution in [3.05, 3.63) is 53.3 Å². The number of benzene rings is 2. The maximum atomic E-state index is 11.6. The molecule has 0 radical (unpaired) electrons. The van der Waals surface area contributed by atoms with E-state index in [1.54, 1.807) is 26.4 Å². The molecule has 0 atom stereocenters. The zero-order chi connectivity index (χ0) is 17.8. The number of nitrogens with zero attached hydrogens (tertiary/aromatic N) is 1. The van der Waals surface area contributed by atoms with Gasteiger partial charge in [-0.25, -0.2) is 9.78 Å². The number of carbonyl (C=O) groups is 1. The molecule has 0 saturated heterocycles. The number of esters is 1. The predicted octanol–water partition coefficient (Wildman–Crippen LogP) is 3.54. The molecule has 128 valence electrons. The van der Waals surface area contributed by atoms with Crippen molar-refractivity contribution in [2.75, 3.05) is 21.3 Å². The van der Waals surface area contributed by atoms with Gasteiger partial charge in [-0.05, 0) is 42.0 Å². The summed E-state index contributed by atoms with van der Waals surface area (Å²) in [5, 5.41) is 0. The van der Waals surface area contributed by atoms with Crippen LogP contribution in [-0.4, -0.2) is 37.3 Å². The minimum Gasteiger partial charge on any atom is -0.493 e. The summed E-state index contributed by atoms with van der Waals surface area (Å²) in [6, 6.07) is 10.9. The second kappa shape index (κ2) is 7.09. The zero-order valence-corrected chi connectivity index (χ0v) is 14.2. The maximum absolute atomic E-state index is 11.6. The third-order valence-corrected chi connectivity index (χ3v) is 3.76. The third kappa shape index (κ3) is 3.47. The lowest BCUT2D eigenvalue weighted by molar-refractivity contribution is 0.0601. The highest BCUT2D eigenvalue weighted by Crippen LogP contribution is 2.28. The van der Waals surface area contributed by atoms with Crippen LogP contribution in [-0.2, 0) is 4.74 Å². The first-order chi connectivity index (χ1) is 12.1. The van der Waals surface area contributed by atoms with Crippen LogP contribution in [0, 0.1) is 0 Å². The number of hydrogen-bond donors (Lipinski definition) is 1. The predicted molar refractivity (Wildman–Crippen MR) is 95.9 cm³/mol. The van der Waals surface area contributed by atoms with Gasteiger partial charge >= 0.3 is 5.97 Å². The van der Waals surface area contributed by atoms with E-state index < -0.39 is 0 Å². The summed E-state index contributed by atoms with van der Waals surface area (Å²) in [5.41, 5.74) is 2.97. The highest BCUT2D eigenvalue weighted by atomic mass is 16.5. The lowest BCUT2D eigenvalue weighted by atomic mass is 10.2. The quantitative estimate of drug-likeness (QED) is 0.720. The van der Waals surface area contributed by atoms with Crippen molar-refractivity contribution in [3.8, 4) is 11.5 Å². The second-order valence-corrected chi connectivity index (χ2v) is 5.29. The number of rotatable bonds is 5. The second-order valence-electron chi connectivity index (χ2n) is 5.29. The number of carbonyl (C=O) groups excluding carboxylic acids is 1. The average molecular weight is 338 g/mol. The van der Waals surface area contributed by atoms with E-state index in [2.05, 4.69) is 9.97 Å². The molecular formula is C19H18N2O4. The van der Waals surface area contributed by atoms with E-state index in [0.29, 0.717) is 28.4 Å². The molecule has 1 aromatic heterocycles. The van der Waals surface area contributed by atoms with E-state index in [1.165, 1.54) is 7.11 Å². The van der Waals surface area contributed by atoms with Crippen LogP contribution in [0.15, 0.2) is 36.4 Å². The number of H-pyrrole nitrogens is 1. The minimum atomic E-state index is -0.382. The smallest absolute Gasteiger partial charge is 0.337 e. The number of nitrogens with one attached hydrogen (secondary N) is 1. The standard InChI is InChI=1S/C19H18N2O4/c1-23-16-8-4-12(10-17(16)24-2)5-9-18-20-14-7-6-13(19(22)25-3)11-15(14)21-18/h4-11H,1-3H3,(H,20,21). The molecule has 0 spiro atoms. The Morgan fingerprint density at radius 1 is 1.00 bits per heavy atom. The molecule has 1 heterocycles. The Kier molecular flexibility index (Phi) is 4.70. The summed E-state index contributed by atoms with van der Waals surface area (Å²) < 4.78 is 15.3. The molecule has 1 N–H and O–H groups in total. The molecule has 0 aliphatic rings. The van der Waals surface area contributed by atoms with E-state index in [1.807, 2.05) is 36.4 Å². The zero-order valence-electron chi connectivity index (χ0n) is 14.2. The van der Waals surface area contributed by atoms with Gasteiger partial charge in [-0.3, -0.25) is 0 Å².